The van der Waals surface area contributed by atoms with Gasteiger partial charge in [-0.15, -0.1) is 0 Å². The van der Waals surface area contributed by atoms with Crippen LogP contribution in [-0.4, -0.2) is 27.4 Å². The molecule has 0 aliphatic carbocycles. The van der Waals surface area contributed by atoms with Crippen molar-refractivity contribution in [3.8, 4) is 0 Å². The first kappa shape index (κ1) is 20.1. The lowest BCUT2D eigenvalue weighted by Crippen LogP contribution is -2.24. The number of sulfonamides is 1. The summed E-state index contributed by atoms with van der Waals surface area (Å²) in [6.45, 7) is 7.26. The summed E-state index contributed by atoms with van der Waals surface area (Å²) in [6.07, 6.45) is 0. The van der Waals surface area contributed by atoms with Crippen molar-refractivity contribution in [3.05, 3.63) is 59.2 Å². The number of aryl methyl sites for hydroxylation is 1. The lowest BCUT2D eigenvalue weighted by molar-refractivity contribution is 0.102. The van der Waals surface area contributed by atoms with E-state index >= 15 is 0 Å². The van der Waals surface area contributed by atoms with Gasteiger partial charge in [0.2, 0.25) is 10.0 Å². The first-order chi connectivity index (χ1) is 12.4. The predicted octanol–water partition coefficient (Wildman–Crippen LogP) is 2.66. The van der Waals surface area contributed by atoms with Gasteiger partial charge < -0.3 is 10.6 Å². The molecule has 1 amide bonds. The Hall–Kier alpha value is -2.22. The Kier molecular flexibility index (Phi) is 6.90. The molecular formula is C19H25N3O3S. The lowest BCUT2D eigenvalue weighted by Gasteiger charge is -2.13. The van der Waals surface area contributed by atoms with E-state index < -0.39 is 10.0 Å². The molecule has 2 aromatic rings. The summed E-state index contributed by atoms with van der Waals surface area (Å²) in [5.41, 5.74) is 2.72. The minimum atomic E-state index is -3.62. The molecule has 26 heavy (non-hydrogen) atoms. The molecule has 0 radical (unpaired) electrons. The second kappa shape index (κ2) is 8.93. The van der Waals surface area contributed by atoms with Crippen molar-refractivity contribution in [3.63, 3.8) is 0 Å². The third-order valence-corrected chi connectivity index (χ3v) is 5.47. The van der Waals surface area contributed by atoms with E-state index in [4.69, 9.17) is 0 Å². The topological polar surface area (TPSA) is 87.3 Å². The molecule has 3 N–H and O–H groups in total. The first-order valence-corrected chi connectivity index (χ1v) is 10.1. The summed E-state index contributed by atoms with van der Waals surface area (Å²) in [5, 5.41) is 6.13. The third-order valence-electron chi connectivity index (χ3n) is 3.93. The van der Waals surface area contributed by atoms with Crippen LogP contribution < -0.4 is 15.4 Å². The van der Waals surface area contributed by atoms with Gasteiger partial charge in [0, 0.05) is 24.3 Å². The predicted molar refractivity (Wildman–Crippen MR) is 104 cm³/mol. The van der Waals surface area contributed by atoms with Crippen LogP contribution >= 0.6 is 0 Å². The van der Waals surface area contributed by atoms with Crippen LogP contribution in [0.25, 0.3) is 0 Å². The third kappa shape index (κ3) is 4.91. The zero-order valence-electron chi connectivity index (χ0n) is 15.3. The largest absolute Gasteiger partial charge is 0.322 e. The fraction of sp³-hybridized carbons (Fsp3) is 0.316. The van der Waals surface area contributed by atoms with E-state index in [9.17, 15) is 13.2 Å². The molecule has 6 nitrogen and oxygen atoms in total. The van der Waals surface area contributed by atoms with E-state index in [0.29, 0.717) is 23.4 Å². The van der Waals surface area contributed by atoms with Crippen LogP contribution in [0.15, 0.2) is 47.4 Å². The van der Waals surface area contributed by atoms with E-state index in [0.717, 1.165) is 12.1 Å². The normalized spacial score (nSPS) is 11.3. The average molecular weight is 375 g/mol. The van der Waals surface area contributed by atoms with Gasteiger partial charge >= 0.3 is 0 Å². The Morgan fingerprint density at radius 3 is 2.46 bits per heavy atom. The Labute approximate surface area is 155 Å². The molecule has 0 bridgehead atoms. The van der Waals surface area contributed by atoms with Crippen molar-refractivity contribution in [2.75, 3.05) is 18.4 Å². The minimum Gasteiger partial charge on any atom is -0.322 e. The van der Waals surface area contributed by atoms with E-state index in [1.807, 2.05) is 31.2 Å². The number of carbonyl (C=O) groups is 1. The van der Waals surface area contributed by atoms with Crippen LogP contribution in [0.3, 0.4) is 0 Å². The molecule has 140 valence electrons. The number of hydrogen-bond acceptors (Lipinski definition) is 4. The molecule has 0 atom stereocenters. The van der Waals surface area contributed by atoms with Crippen molar-refractivity contribution in [1.82, 2.24) is 10.0 Å². The Morgan fingerprint density at radius 1 is 1.04 bits per heavy atom. The van der Waals surface area contributed by atoms with Crippen molar-refractivity contribution < 1.29 is 13.2 Å². The SMILES string of the molecule is CCNCc1ccccc1NC(=O)c1cc(S(=O)(=O)NCC)ccc1C. The monoisotopic (exact) mass is 375 g/mol. The maximum Gasteiger partial charge on any atom is 0.255 e. The minimum absolute atomic E-state index is 0.0797. The van der Waals surface area contributed by atoms with Gasteiger partial charge in [0.05, 0.1) is 4.90 Å². The summed E-state index contributed by atoms with van der Waals surface area (Å²) in [7, 11) is -3.62. The summed E-state index contributed by atoms with van der Waals surface area (Å²) < 4.78 is 26.8. The zero-order valence-corrected chi connectivity index (χ0v) is 16.1. The van der Waals surface area contributed by atoms with Gasteiger partial charge in [-0.25, -0.2) is 13.1 Å². The summed E-state index contributed by atoms with van der Waals surface area (Å²) in [4.78, 5) is 12.8. The van der Waals surface area contributed by atoms with Crippen LogP contribution in [0.5, 0.6) is 0 Å². The number of anilines is 1. The van der Waals surface area contributed by atoms with Crippen LogP contribution in [-0.2, 0) is 16.6 Å². The highest BCUT2D eigenvalue weighted by atomic mass is 32.2. The number of carbonyl (C=O) groups excluding carboxylic acids is 1. The Bertz CT molecular complexity index is 879. The smallest absolute Gasteiger partial charge is 0.255 e. The molecule has 0 saturated carbocycles. The van der Waals surface area contributed by atoms with Gasteiger partial charge in [-0.1, -0.05) is 38.1 Å². The number of hydrogen-bond donors (Lipinski definition) is 3. The molecule has 0 aromatic heterocycles. The van der Waals surface area contributed by atoms with Crippen molar-refractivity contribution in [1.29, 1.82) is 0 Å². The van der Waals surface area contributed by atoms with Gasteiger partial charge in [0.15, 0.2) is 0 Å². The summed E-state index contributed by atoms with van der Waals surface area (Å²) in [6, 6.07) is 12.1. The van der Waals surface area contributed by atoms with E-state index in [-0.39, 0.29) is 17.3 Å². The lowest BCUT2D eigenvalue weighted by atomic mass is 10.1. The van der Waals surface area contributed by atoms with Gasteiger partial charge in [0.25, 0.3) is 5.91 Å². The molecule has 0 aliphatic rings. The second-order valence-electron chi connectivity index (χ2n) is 5.87. The molecule has 7 heteroatoms. The fourth-order valence-electron chi connectivity index (χ4n) is 2.53. The van der Waals surface area contributed by atoms with Crippen molar-refractivity contribution in [2.24, 2.45) is 0 Å². The molecule has 2 aromatic carbocycles. The number of para-hydroxylation sites is 1. The maximum atomic E-state index is 12.8. The number of nitrogens with one attached hydrogen (secondary N) is 3. The van der Waals surface area contributed by atoms with Crippen LogP contribution in [0.2, 0.25) is 0 Å². The molecule has 2 rings (SSSR count). The molecule has 0 heterocycles. The van der Waals surface area contributed by atoms with E-state index in [2.05, 4.69) is 15.4 Å². The fourth-order valence-corrected chi connectivity index (χ4v) is 3.60. The summed E-state index contributed by atoms with van der Waals surface area (Å²) in [5.74, 6) is -0.333. The maximum absolute atomic E-state index is 12.8. The zero-order chi connectivity index (χ0) is 19.2. The van der Waals surface area contributed by atoms with Gasteiger partial charge in [0.1, 0.15) is 0 Å². The molecule has 0 fully saturated rings. The number of amides is 1. The number of benzene rings is 2. The van der Waals surface area contributed by atoms with Gasteiger partial charge in [-0.3, -0.25) is 4.79 Å². The van der Waals surface area contributed by atoms with E-state index in [1.165, 1.54) is 12.1 Å². The first-order valence-electron chi connectivity index (χ1n) is 8.59. The molecule has 0 spiro atoms. The van der Waals surface area contributed by atoms with Gasteiger partial charge in [-0.2, -0.15) is 0 Å². The molecular weight excluding hydrogens is 350 g/mol. The number of rotatable bonds is 8. The Balaban J connectivity index is 2.31. The molecule has 0 aliphatic heterocycles. The van der Waals surface area contributed by atoms with Crippen LogP contribution in [0.4, 0.5) is 5.69 Å². The highest BCUT2D eigenvalue weighted by Crippen LogP contribution is 2.20. The highest BCUT2D eigenvalue weighted by molar-refractivity contribution is 7.89. The molecule has 0 unspecified atom stereocenters. The molecule has 0 saturated heterocycles. The van der Waals surface area contributed by atoms with Crippen molar-refractivity contribution in [2.45, 2.75) is 32.2 Å². The van der Waals surface area contributed by atoms with Gasteiger partial charge in [-0.05, 0) is 42.8 Å². The van der Waals surface area contributed by atoms with Crippen molar-refractivity contribution >= 4 is 21.6 Å². The average Bonchev–Trinajstić information content (AvgIpc) is 2.61. The van der Waals surface area contributed by atoms with Crippen LogP contribution in [0.1, 0.15) is 35.3 Å². The standard InChI is InChI=1S/C19H25N3O3S/c1-4-20-13-15-8-6-7-9-18(15)22-19(23)17-12-16(11-10-14(17)3)26(24,25)21-5-2/h6-12,20-21H,4-5,13H2,1-3H3,(H,22,23). The Morgan fingerprint density at radius 2 is 1.77 bits per heavy atom. The van der Waals surface area contributed by atoms with Crippen LogP contribution in [0, 0.1) is 6.92 Å². The quantitative estimate of drug-likeness (QED) is 0.662. The highest BCUT2D eigenvalue weighted by Gasteiger charge is 2.18. The summed E-state index contributed by atoms with van der Waals surface area (Å²) >= 11 is 0. The van der Waals surface area contributed by atoms with E-state index in [1.54, 1.807) is 19.9 Å². The second-order valence-corrected chi connectivity index (χ2v) is 7.64.